The van der Waals surface area contributed by atoms with Gasteiger partial charge in [-0.05, 0) is 42.8 Å². The van der Waals surface area contributed by atoms with E-state index in [0.717, 1.165) is 21.5 Å². The highest BCUT2D eigenvalue weighted by Crippen LogP contribution is 2.30. The second-order valence-electron chi connectivity index (χ2n) is 4.54. The maximum absolute atomic E-state index is 5.39. The van der Waals surface area contributed by atoms with Crippen LogP contribution in [0.25, 0.3) is 0 Å². The van der Waals surface area contributed by atoms with E-state index in [1.165, 1.54) is 17.7 Å². The first kappa shape index (κ1) is 13.8. The number of hydrogen-bond acceptors (Lipinski definition) is 6. The van der Waals surface area contributed by atoms with Crippen molar-refractivity contribution in [3.05, 3.63) is 26.3 Å². The van der Waals surface area contributed by atoms with Crippen molar-refractivity contribution in [1.29, 1.82) is 0 Å². The van der Waals surface area contributed by atoms with E-state index in [1.807, 2.05) is 22.3 Å². The molecule has 1 aliphatic carbocycles. The molecule has 0 radical (unpaired) electrons. The Labute approximate surface area is 130 Å². The van der Waals surface area contributed by atoms with Gasteiger partial charge in [0.15, 0.2) is 8.29 Å². The molecule has 1 aliphatic rings. The van der Waals surface area contributed by atoms with Crippen LogP contribution in [0.2, 0.25) is 0 Å². The van der Waals surface area contributed by atoms with Crippen LogP contribution in [0.3, 0.4) is 0 Å². The smallest absolute Gasteiger partial charge is 0.181 e. The van der Waals surface area contributed by atoms with Crippen molar-refractivity contribution in [2.75, 3.05) is 6.26 Å². The highest BCUT2D eigenvalue weighted by atomic mass is 32.2. The molecule has 0 aliphatic heterocycles. The van der Waals surface area contributed by atoms with E-state index in [4.69, 9.17) is 12.2 Å². The van der Waals surface area contributed by atoms with Crippen molar-refractivity contribution in [2.45, 2.75) is 36.4 Å². The molecule has 0 atom stereocenters. The molecule has 0 N–H and O–H groups in total. The average Bonchev–Trinajstić information content (AvgIpc) is 3.02. The number of aromatic nitrogens is 2. The summed E-state index contributed by atoms with van der Waals surface area (Å²) in [5.74, 6) is 0. The minimum absolute atomic E-state index is 0.712. The van der Waals surface area contributed by atoms with Crippen molar-refractivity contribution in [1.82, 2.24) is 14.7 Å². The van der Waals surface area contributed by atoms with E-state index < -0.39 is 0 Å². The second-order valence-corrected chi connectivity index (χ2v) is 8.24. The Morgan fingerprint density at radius 1 is 1.58 bits per heavy atom. The summed E-state index contributed by atoms with van der Waals surface area (Å²) < 4.78 is 3.90. The minimum Gasteiger partial charge on any atom is -0.276 e. The summed E-state index contributed by atoms with van der Waals surface area (Å²) >= 11 is 10.5. The quantitative estimate of drug-likeness (QED) is 0.588. The van der Waals surface area contributed by atoms with Crippen molar-refractivity contribution in [2.24, 2.45) is 0 Å². The van der Waals surface area contributed by atoms with E-state index in [-0.39, 0.29) is 0 Å². The zero-order chi connectivity index (χ0) is 13.2. The summed E-state index contributed by atoms with van der Waals surface area (Å²) in [6, 6.07) is 5.03. The minimum atomic E-state index is 0.712. The average molecular weight is 330 g/mol. The molecule has 102 valence electrons. The standard InChI is InChI=1S/C12H15N3S4/c1-17-11-13-15(12(16)19-11)8-14(9-4-5-9)7-10-3-2-6-18-10/h2-3,6,9H,4-5,7-8H2,1H3. The van der Waals surface area contributed by atoms with Crippen LogP contribution in [0, 0.1) is 3.95 Å². The monoisotopic (exact) mass is 329 g/mol. The molecular formula is C12H15N3S4. The molecule has 0 spiro atoms. The van der Waals surface area contributed by atoms with Crippen LogP contribution in [-0.4, -0.2) is 27.0 Å². The first-order valence-electron chi connectivity index (χ1n) is 6.14. The van der Waals surface area contributed by atoms with Crippen LogP contribution in [-0.2, 0) is 13.2 Å². The van der Waals surface area contributed by atoms with Gasteiger partial charge in [0.1, 0.15) is 0 Å². The maximum Gasteiger partial charge on any atom is 0.181 e. The zero-order valence-electron chi connectivity index (χ0n) is 10.6. The van der Waals surface area contributed by atoms with Gasteiger partial charge in [-0.1, -0.05) is 29.2 Å². The van der Waals surface area contributed by atoms with Gasteiger partial charge < -0.3 is 0 Å². The lowest BCUT2D eigenvalue weighted by molar-refractivity contribution is 0.188. The molecule has 3 rings (SSSR count). The third kappa shape index (κ3) is 3.46. The van der Waals surface area contributed by atoms with E-state index in [0.29, 0.717) is 6.04 Å². The molecule has 0 unspecified atom stereocenters. The molecule has 1 fully saturated rings. The molecule has 3 nitrogen and oxygen atoms in total. The molecule has 2 aromatic heterocycles. The Bertz CT molecular complexity index is 582. The highest BCUT2D eigenvalue weighted by Gasteiger charge is 2.29. The van der Waals surface area contributed by atoms with E-state index in [2.05, 4.69) is 27.5 Å². The van der Waals surface area contributed by atoms with E-state index in [1.54, 1.807) is 23.1 Å². The predicted octanol–water partition coefficient (Wildman–Crippen LogP) is 4.08. The van der Waals surface area contributed by atoms with Gasteiger partial charge in [0.25, 0.3) is 0 Å². The molecule has 2 aromatic rings. The molecule has 0 aromatic carbocycles. The Morgan fingerprint density at radius 2 is 2.42 bits per heavy atom. The normalized spacial score (nSPS) is 15.3. The van der Waals surface area contributed by atoms with Gasteiger partial charge in [0.05, 0.1) is 6.67 Å². The van der Waals surface area contributed by atoms with Crippen LogP contribution in [0.4, 0.5) is 0 Å². The number of thioether (sulfide) groups is 1. The maximum atomic E-state index is 5.39. The summed E-state index contributed by atoms with van der Waals surface area (Å²) in [4.78, 5) is 3.91. The first-order chi connectivity index (χ1) is 9.26. The Morgan fingerprint density at radius 3 is 3.00 bits per heavy atom. The van der Waals surface area contributed by atoms with Crippen molar-refractivity contribution in [3.8, 4) is 0 Å². The Balaban J connectivity index is 1.74. The van der Waals surface area contributed by atoms with E-state index >= 15 is 0 Å². The molecule has 2 heterocycles. The lowest BCUT2D eigenvalue weighted by Gasteiger charge is -2.20. The number of thiophene rings is 1. The van der Waals surface area contributed by atoms with Gasteiger partial charge >= 0.3 is 0 Å². The second kappa shape index (κ2) is 6.05. The Kier molecular flexibility index (Phi) is 4.38. The van der Waals surface area contributed by atoms with Gasteiger partial charge in [0, 0.05) is 17.5 Å². The summed E-state index contributed by atoms with van der Waals surface area (Å²) in [6.07, 6.45) is 4.65. The van der Waals surface area contributed by atoms with E-state index in [9.17, 15) is 0 Å². The van der Waals surface area contributed by atoms with Gasteiger partial charge in [-0.2, -0.15) is 5.10 Å². The van der Waals surface area contributed by atoms with Crippen LogP contribution >= 0.6 is 46.7 Å². The predicted molar refractivity (Wildman–Crippen MR) is 85.6 cm³/mol. The molecule has 0 bridgehead atoms. The summed E-state index contributed by atoms with van der Waals surface area (Å²) in [6.45, 7) is 1.83. The molecule has 1 saturated carbocycles. The number of nitrogens with zero attached hydrogens (tertiary/aromatic N) is 3. The lowest BCUT2D eigenvalue weighted by atomic mass is 10.4. The highest BCUT2D eigenvalue weighted by molar-refractivity contribution is 8.00. The van der Waals surface area contributed by atoms with Crippen LogP contribution in [0.15, 0.2) is 21.9 Å². The van der Waals surface area contributed by atoms with Crippen molar-refractivity contribution >= 4 is 46.7 Å². The SMILES string of the molecule is CSc1nn(CN(Cc2cccs2)C2CC2)c(=S)s1. The largest absolute Gasteiger partial charge is 0.276 e. The molecule has 19 heavy (non-hydrogen) atoms. The van der Waals surface area contributed by atoms with Gasteiger partial charge in [-0.3, -0.25) is 4.90 Å². The van der Waals surface area contributed by atoms with Crippen LogP contribution < -0.4 is 0 Å². The topological polar surface area (TPSA) is 21.1 Å². The summed E-state index contributed by atoms with van der Waals surface area (Å²) in [7, 11) is 0. The summed E-state index contributed by atoms with van der Waals surface area (Å²) in [5.41, 5.74) is 0. The molecule has 0 amide bonds. The van der Waals surface area contributed by atoms with Crippen LogP contribution in [0.1, 0.15) is 17.7 Å². The molecule has 0 saturated heterocycles. The fourth-order valence-corrected chi connectivity index (χ4v) is 4.43. The van der Waals surface area contributed by atoms with Crippen LogP contribution in [0.5, 0.6) is 0 Å². The number of hydrogen-bond donors (Lipinski definition) is 0. The fourth-order valence-electron chi connectivity index (χ4n) is 1.97. The fraction of sp³-hybridized carbons (Fsp3) is 0.500. The zero-order valence-corrected chi connectivity index (χ0v) is 13.9. The first-order valence-corrected chi connectivity index (χ1v) is 9.47. The third-order valence-corrected chi connectivity index (χ3v) is 6.22. The summed E-state index contributed by atoms with van der Waals surface area (Å²) in [5, 5.41) is 6.70. The van der Waals surface area contributed by atoms with Gasteiger partial charge in [0.2, 0.25) is 0 Å². The molecule has 7 heteroatoms. The number of rotatable bonds is 6. The molecular weight excluding hydrogens is 314 g/mol. The van der Waals surface area contributed by atoms with Gasteiger partial charge in [-0.15, -0.1) is 11.3 Å². The lowest BCUT2D eigenvalue weighted by Crippen LogP contribution is -2.28. The third-order valence-electron chi connectivity index (χ3n) is 3.08. The van der Waals surface area contributed by atoms with Gasteiger partial charge in [-0.25, -0.2) is 4.68 Å². The Hall–Kier alpha value is -0.210. The van der Waals surface area contributed by atoms with Crippen molar-refractivity contribution in [3.63, 3.8) is 0 Å². The van der Waals surface area contributed by atoms with Crippen molar-refractivity contribution < 1.29 is 0 Å².